The molecule has 6 heteroatoms. The number of rotatable bonds is 5. The molecule has 1 fully saturated rings. The van der Waals surface area contributed by atoms with Gasteiger partial charge in [0.1, 0.15) is 17.8 Å². The largest absolute Gasteiger partial charge is 0.462 e. The van der Waals surface area contributed by atoms with Crippen LogP contribution in [0.1, 0.15) is 81.8 Å². The summed E-state index contributed by atoms with van der Waals surface area (Å²) in [5, 5.41) is 0. The highest BCUT2D eigenvalue weighted by molar-refractivity contribution is 6.09. The highest BCUT2D eigenvalue weighted by Gasteiger charge is 2.45. The zero-order chi connectivity index (χ0) is 25.9. The van der Waals surface area contributed by atoms with E-state index >= 15 is 0 Å². The van der Waals surface area contributed by atoms with Crippen LogP contribution in [0.15, 0.2) is 70.9 Å². The van der Waals surface area contributed by atoms with Crippen LogP contribution in [0.2, 0.25) is 0 Å². The molecule has 0 saturated heterocycles. The van der Waals surface area contributed by atoms with Crippen LogP contribution in [0.25, 0.3) is 0 Å². The molecule has 2 aromatic rings. The predicted molar refractivity (Wildman–Crippen MR) is 141 cm³/mol. The number of ketones is 1. The molecule has 3 atom stereocenters. The first-order valence-corrected chi connectivity index (χ1v) is 13.3. The highest BCUT2D eigenvalue weighted by Crippen LogP contribution is 2.47. The average Bonchev–Trinajstić information content (AvgIpc) is 2.89. The van der Waals surface area contributed by atoms with Crippen LogP contribution in [-0.4, -0.2) is 29.5 Å². The summed E-state index contributed by atoms with van der Waals surface area (Å²) < 4.78 is 11.2. The minimum Gasteiger partial charge on any atom is -0.462 e. The van der Waals surface area contributed by atoms with E-state index in [1.807, 2.05) is 37.3 Å². The second-order valence-electron chi connectivity index (χ2n) is 10.4. The predicted octanol–water partition coefficient (Wildman–Crippen LogP) is 6.06. The van der Waals surface area contributed by atoms with Gasteiger partial charge in [0.05, 0.1) is 0 Å². The van der Waals surface area contributed by atoms with Crippen molar-refractivity contribution in [2.75, 3.05) is 0 Å². The van der Waals surface area contributed by atoms with Gasteiger partial charge in [-0.15, -0.1) is 0 Å². The molecule has 0 bridgehead atoms. The van der Waals surface area contributed by atoms with Crippen molar-refractivity contribution in [1.82, 2.24) is 0 Å². The summed E-state index contributed by atoms with van der Waals surface area (Å²) in [6.07, 6.45) is 5.99. The molecule has 37 heavy (non-hydrogen) atoms. The fraction of sp³-hybridized carbons (Fsp3) is 0.419. The molecule has 1 aliphatic heterocycles. The minimum atomic E-state index is -0.669. The summed E-state index contributed by atoms with van der Waals surface area (Å²) in [4.78, 5) is 43.6. The number of Topliss-reactive ketones (excluding diaryl/α,β-unsaturated/α-hetero) is 1. The number of aliphatic imine (C=N–C) groups is 1. The van der Waals surface area contributed by atoms with Crippen LogP contribution in [0.5, 0.6) is 5.75 Å². The molecule has 0 N–H and O–H groups in total. The number of allylic oxidation sites excluding steroid dienone is 2. The number of hydrogen-bond donors (Lipinski definition) is 0. The number of nitrogens with zero attached hydrogens (tertiary/aromatic N) is 1. The third-order valence-electron chi connectivity index (χ3n) is 7.75. The fourth-order valence-corrected chi connectivity index (χ4v) is 6.02. The number of carbonyl (C=O) groups excluding carboxylic acids is 3. The lowest BCUT2D eigenvalue weighted by Gasteiger charge is -2.37. The second kappa shape index (κ2) is 10.8. The molecule has 0 spiro atoms. The molecule has 1 unspecified atom stereocenters. The maximum Gasteiger partial charge on any atom is 0.315 e. The number of hydrogen-bond acceptors (Lipinski definition) is 6. The van der Waals surface area contributed by atoms with E-state index in [0.717, 1.165) is 42.5 Å². The van der Waals surface area contributed by atoms with Crippen molar-refractivity contribution in [2.45, 2.75) is 76.7 Å². The first-order chi connectivity index (χ1) is 17.9. The van der Waals surface area contributed by atoms with Gasteiger partial charge in [0.25, 0.3) is 0 Å². The Morgan fingerprint density at radius 3 is 2.27 bits per heavy atom. The normalized spacial score (nSPS) is 24.2. The molecule has 6 nitrogen and oxygen atoms in total. The summed E-state index contributed by atoms with van der Waals surface area (Å²) in [5.74, 6) is -1.37. The maximum atomic E-state index is 13.7. The Balaban J connectivity index is 1.52. The Labute approximate surface area is 217 Å². The zero-order valence-corrected chi connectivity index (χ0v) is 21.4. The highest BCUT2D eigenvalue weighted by atomic mass is 16.5. The van der Waals surface area contributed by atoms with E-state index in [9.17, 15) is 14.4 Å². The number of esters is 2. The van der Waals surface area contributed by atoms with Gasteiger partial charge in [-0.2, -0.15) is 0 Å². The Kier molecular flexibility index (Phi) is 7.36. The number of carbonyl (C=O) groups is 3. The molecular formula is C31H33NO5. The van der Waals surface area contributed by atoms with E-state index in [-0.39, 0.29) is 23.8 Å². The molecule has 0 amide bonds. The Bertz CT molecular complexity index is 1240. The smallest absolute Gasteiger partial charge is 0.315 e. The summed E-state index contributed by atoms with van der Waals surface area (Å²) in [7, 11) is 0. The zero-order valence-electron chi connectivity index (χ0n) is 21.4. The van der Waals surface area contributed by atoms with Gasteiger partial charge >= 0.3 is 11.9 Å². The molecule has 192 valence electrons. The third kappa shape index (κ3) is 5.43. The van der Waals surface area contributed by atoms with Gasteiger partial charge < -0.3 is 9.47 Å². The van der Waals surface area contributed by atoms with E-state index in [0.29, 0.717) is 29.9 Å². The molecule has 2 aliphatic carbocycles. The van der Waals surface area contributed by atoms with Crippen LogP contribution in [0.3, 0.4) is 0 Å². The number of ether oxygens (including phenoxy) is 2. The van der Waals surface area contributed by atoms with Gasteiger partial charge in [-0.3, -0.25) is 19.4 Å². The van der Waals surface area contributed by atoms with Crippen molar-refractivity contribution in [2.24, 2.45) is 10.9 Å². The lowest BCUT2D eigenvalue weighted by molar-refractivity contribution is -0.153. The number of benzene rings is 2. The average molecular weight is 500 g/mol. The van der Waals surface area contributed by atoms with E-state index in [2.05, 4.69) is 12.1 Å². The van der Waals surface area contributed by atoms with E-state index in [1.165, 1.54) is 13.3 Å². The van der Waals surface area contributed by atoms with Crippen LogP contribution < -0.4 is 4.74 Å². The molecular weight excluding hydrogens is 466 g/mol. The quantitative estimate of drug-likeness (QED) is 0.369. The third-order valence-corrected chi connectivity index (χ3v) is 7.75. The van der Waals surface area contributed by atoms with E-state index in [1.54, 1.807) is 12.1 Å². The minimum absolute atomic E-state index is 0.0240. The topological polar surface area (TPSA) is 82.0 Å². The monoisotopic (exact) mass is 499 g/mol. The summed E-state index contributed by atoms with van der Waals surface area (Å²) in [6.45, 7) is 3.22. The van der Waals surface area contributed by atoms with Crippen molar-refractivity contribution in [3.05, 3.63) is 77.0 Å². The van der Waals surface area contributed by atoms with Crippen molar-refractivity contribution in [3.63, 3.8) is 0 Å². The second-order valence-corrected chi connectivity index (χ2v) is 10.4. The van der Waals surface area contributed by atoms with Gasteiger partial charge in [-0.05, 0) is 68.2 Å². The van der Waals surface area contributed by atoms with Crippen LogP contribution in [-0.2, 0) is 19.1 Å². The van der Waals surface area contributed by atoms with Crippen molar-refractivity contribution in [3.8, 4) is 5.75 Å². The molecule has 1 heterocycles. The maximum absolute atomic E-state index is 13.7. The Morgan fingerprint density at radius 2 is 1.59 bits per heavy atom. The van der Waals surface area contributed by atoms with Gasteiger partial charge in [-0.1, -0.05) is 48.9 Å². The summed E-state index contributed by atoms with van der Waals surface area (Å²) >= 11 is 0. The van der Waals surface area contributed by atoms with Crippen molar-refractivity contribution < 1.29 is 23.9 Å². The van der Waals surface area contributed by atoms with Crippen molar-refractivity contribution in [1.29, 1.82) is 0 Å². The first kappa shape index (κ1) is 25.1. The van der Waals surface area contributed by atoms with Gasteiger partial charge in [-0.25, -0.2) is 0 Å². The summed E-state index contributed by atoms with van der Waals surface area (Å²) in [5.41, 5.74) is 3.99. The molecule has 0 radical (unpaired) electrons. The first-order valence-electron chi connectivity index (χ1n) is 13.3. The van der Waals surface area contributed by atoms with Gasteiger partial charge in [0.15, 0.2) is 5.78 Å². The van der Waals surface area contributed by atoms with Crippen molar-refractivity contribution >= 4 is 23.4 Å². The lowest BCUT2D eigenvalue weighted by atomic mass is 9.69. The molecule has 3 aliphatic rings. The van der Waals surface area contributed by atoms with Gasteiger partial charge in [0, 0.05) is 36.2 Å². The molecule has 5 rings (SSSR count). The van der Waals surface area contributed by atoms with Crippen LogP contribution >= 0.6 is 0 Å². The van der Waals surface area contributed by atoms with E-state index in [4.69, 9.17) is 14.5 Å². The molecule has 1 saturated carbocycles. The van der Waals surface area contributed by atoms with Crippen LogP contribution in [0.4, 0.5) is 0 Å². The molecule has 2 aromatic carbocycles. The SMILES string of the molecule is CC(=O)Oc1ccc([C@H]2C3=C(C[C@H](c4ccccc4)CC3=O)N=C(C)C2C(=O)OC2CCCCC2)cc1. The summed E-state index contributed by atoms with van der Waals surface area (Å²) in [6, 6.07) is 17.2. The standard InChI is InChI=1S/C31H33NO5/c1-19-28(31(35)37-24-11-7-4-8-12-24)29(22-13-15-25(16-14-22)36-20(2)33)30-26(32-19)17-23(18-27(30)34)21-9-5-3-6-10-21/h3,5-6,9-10,13-16,23-24,28-29H,4,7-8,11-12,17-18H2,1-2H3/t23-,28?,29+/m0/s1. The molecule has 0 aromatic heterocycles. The van der Waals surface area contributed by atoms with E-state index < -0.39 is 17.8 Å². The lowest BCUT2D eigenvalue weighted by Crippen LogP contribution is -2.39. The Morgan fingerprint density at radius 1 is 0.892 bits per heavy atom. The van der Waals surface area contributed by atoms with Crippen LogP contribution in [0, 0.1) is 5.92 Å². The van der Waals surface area contributed by atoms with Gasteiger partial charge in [0.2, 0.25) is 0 Å². The fourth-order valence-electron chi connectivity index (χ4n) is 6.02. The Hall–Kier alpha value is -3.54.